The first-order valence-electron chi connectivity index (χ1n) is 3.86. The summed E-state index contributed by atoms with van der Waals surface area (Å²) in [7, 11) is -1.99. The van der Waals surface area contributed by atoms with E-state index in [0.717, 1.165) is 0 Å². The van der Waals surface area contributed by atoms with Crippen LogP contribution in [0.5, 0.6) is 0 Å². The molecule has 0 radical (unpaired) electrons. The minimum absolute atomic E-state index is 0.0575. The summed E-state index contributed by atoms with van der Waals surface area (Å²) in [5.74, 6) is 0. The van der Waals surface area contributed by atoms with Crippen molar-refractivity contribution in [3.63, 3.8) is 0 Å². The van der Waals surface area contributed by atoms with Crippen molar-refractivity contribution in [2.75, 3.05) is 0 Å². The van der Waals surface area contributed by atoms with Gasteiger partial charge in [0.05, 0.1) is 12.3 Å². The first-order valence-corrected chi connectivity index (χ1v) is 5.34. The average Bonchev–Trinajstić information content (AvgIpc) is 2.51. The maximum absolute atomic E-state index is 11.5. The zero-order chi connectivity index (χ0) is 10.8. The van der Waals surface area contributed by atoms with E-state index < -0.39 is 16.1 Å². The van der Waals surface area contributed by atoms with E-state index in [1.54, 1.807) is 13.1 Å². The molecule has 1 unspecified atom stereocenters. The Labute approximate surface area is 82.2 Å². The van der Waals surface area contributed by atoms with Gasteiger partial charge in [0, 0.05) is 13.2 Å². The van der Waals surface area contributed by atoms with Crippen LogP contribution in [-0.2, 0) is 17.1 Å². The van der Waals surface area contributed by atoms with Crippen molar-refractivity contribution in [3.8, 4) is 6.07 Å². The first kappa shape index (κ1) is 10.7. The zero-order valence-corrected chi connectivity index (χ0v) is 8.61. The van der Waals surface area contributed by atoms with Gasteiger partial charge >= 0.3 is 0 Å². The van der Waals surface area contributed by atoms with Crippen LogP contribution in [-0.4, -0.2) is 24.2 Å². The molecule has 0 spiro atoms. The number of aryl methyl sites for hydroxylation is 1. The predicted molar refractivity (Wildman–Crippen MR) is 48.6 cm³/mol. The molecule has 76 valence electrons. The van der Waals surface area contributed by atoms with Crippen LogP contribution in [0.3, 0.4) is 0 Å². The minimum atomic E-state index is -3.61. The van der Waals surface area contributed by atoms with E-state index in [4.69, 9.17) is 5.26 Å². The highest BCUT2D eigenvalue weighted by molar-refractivity contribution is 7.89. The molecule has 6 nitrogen and oxygen atoms in total. The Kier molecular flexibility index (Phi) is 2.88. The Morgan fingerprint density at radius 2 is 2.36 bits per heavy atom. The van der Waals surface area contributed by atoms with E-state index in [9.17, 15) is 8.42 Å². The summed E-state index contributed by atoms with van der Waals surface area (Å²) in [5, 5.41) is 12.2. The molecule has 0 aliphatic heterocycles. The highest BCUT2D eigenvalue weighted by atomic mass is 32.2. The van der Waals surface area contributed by atoms with Crippen LogP contribution in [0, 0.1) is 11.3 Å². The number of hydrogen-bond donors (Lipinski definition) is 1. The molecule has 0 amide bonds. The number of rotatable bonds is 3. The molecule has 1 aromatic heterocycles. The topological polar surface area (TPSA) is 87.8 Å². The summed E-state index contributed by atoms with van der Waals surface area (Å²) in [5.41, 5.74) is 0. The Morgan fingerprint density at radius 3 is 2.79 bits per heavy atom. The second-order valence-corrected chi connectivity index (χ2v) is 4.54. The Morgan fingerprint density at radius 1 is 1.71 bits per heavy atom. The second-order valence-electron chi connectivity index (χ2n) is 2.82. The lowest BCUT2D eigenvalue weighted by atomic mass is 10.4. The fourth-order valence-corrected chi connectivity index (χ4v) is 2.00. The van der Waals surface area contributed by atoms with Gasteiger partial charge in [-0.05, 0) is 6.92 Å². The van der Waals surface area contributed by atoms with Crippen molar-refractivity contribution < 1.29 is 8.42 Å². The molecule has 0 fully saturated rings. The molecular formula is C7H10N4O2S. The molecular weight excluding hydrogens is 204 g/mol. The third-order valence-corrected chi connectivity index (χ3v) is 3.01. The zero-order valence-electron chi connectivity index (χ0n) is 7.80. The summed E-state index contributed by atoms with van der Waals surface area (Å²) in [6.45, 7) is 1.47. The van der Waals surface area contributed by atoms with Crippen LogP contribution < -0.4 is 4.72 Å². The average molecular weight is 214 g/mol. The molecule has 14 heavy (non-hydrogen) atoms. The van der Waals surface area contributed by atoms with Gasteiger partial charge in [-0.2, -0.15) is 15.1 Å². The fourth-order valence-electron chi connectivity index (χ4n) is 0.865. The smallest absolute Gasteiger partial charge is 0.244 e. The standard InChI is InChI=1S/C7H10N4O2S/c1-6(3-8)10-14(12,13)7-4-9-11(2)5-7/h4-6,10H,1-2H3. The fraction of sp³-hybridized carbons (Fsp3) is 0.429. The Bertz CT molecular complexity index is 456. The van der Waals surface area contributed by atoms with Crippen molar-refractivity contribution in [2.24, 2.45) is 7.05 Å². The Balaban J connectivity index is 2.93. The lowest BCUT2D eigenvalue weighted by Crippen LogP contribution is -2.31. The van der Waals surface area contributed by atoms with Gasteiger partial charge in [0.15, 0.2) is 0 Å². The van der Waals surface area contributed by atoms with Crippen LogP contribution in [0.1, 0.15) is 6.92 Å². The first-order chi connectivity index (χ1) is 6.45. The molecule has 0 bridgehead atoms. The second kappa shape index (κ2) is 3.77. The van der Waals surface area contributed by atoms with E-state index in [1.807, 2.05) is 0 Å². The largest absolute Gasteiger partial charge is 0.274 e. The summed E-state index contributed by atoms with van der Waals surface area (Å²) < 4.78 is 26.6. The van der Waals surface area contributed by atoms with Crippen molar-refractivity contribution in [3.05, 3.63) is 12.4 Å². The molecule has 1 N–H and O–H groups in total. The SMILES string of the molecule is CC(C#N)NS(=O)(=O)c1cnn(C)c1. The predicted octanol–water partition coefficient (Wildman–Crippen LogP) is -0.390. The van der Waals surface area contributed by atoms with Gasteiger partial charge < -0.3 is 0 Å². The summed E-state index contributed by atoms with van der Waals surface area (Å²) in [6, 6.07) is 1.03. The molecule has 0 aliphatic rings. The van der Waals surface area contributed by atoms with Crippen LogP contribution in [0.25, 0.3) is 0 Å². The Hall–Kier alpha value is -1.39. The van der Waals surface area contributed by atoms with Gasteiger partial charge in [-0.25, -0.2) is 8.42 Å². The molecule has 1 rings (SSSR count). The third kappa shape index (κ3) is 2.31. The van der Waals surface area contributed by atoms with Crippen molar-refractivity contribution in [1.82, 2.24) is 14.5 Å². The number of nitrogens with zero attached hydrogens (tertiary/aromatic N) is 3. The lowest BCUT2D eigenvalue weighted by molar-refractivity contribution is 0.577. The number of nitrogens with one attached hydrogen (secondary N) is 1. The van der Waals surface area contributed by atoms with E-state index in [-0.39, 0.29) is 4.90 Å². The normalized spacial score (nSPS) is 13.5. The van der Waals surface area contributed by atoms with Gasteiger partial charge in [0.25, 0.3) is 0 Å². The monoisotopic (exact) mass is 214 g/mol. The van der Waals surface area contributed by atoms with Crippen molar-refractivity contribution >= 4 is 10.0 Å². The molecule has 1 heterocycles. The summed E-state index contributed by atoms with van der Waals surface area (Å²) in [6.07, 6.45) is 2.60. The van der Waals surface area contributed by atoms with E-state index in [0.29, 0.717) is 0 Å². The van der Waals surface area contributed by atoms with E-state index in [2.05, 4.69) is 9.82 Å². The van der Waals surface area contributed by atoms with E-state index >= 15 is 0 Å². The third-order valence-electron chi connectivity index (χ3n) is 1.52. The van der Waals surface area contributed by atoms with Crippen LogP contribution in [0.2, 0.25) is 0 Å². The molecule has 0 aliphatic carbocycles. The van der Waals surface area contributed by atoms with Crippen LogP contribution >= 0.6 is 0 Å². The molecule has 7 heteroatoms. The maximum Gasteiger partial charge on any atom is 0.244 e. The lowest BCUT2D eigenvalue weighted by Gasteiger charge is -2.04. The number of nitriles is 1. The number of hydrogen-bond acceptors (Lipinski definition) is 4. The highest BCUT2D eigenvalue weighted by Crippen LogP contribution is 2.06. The van der Waals surface area contributed by atoms with Crippen LogP contribution in [0.15, 0.2) is 17.3 Å². The number of sulfonamides is 1. The van der Waals surface area contributed by atoms with Crippen molar-refractivity contribution in [2.45, 2.75) is 17.9 Å². The summed E-state index contributed by atoms with van der Waals surface area (Å²) >= 11 is 0. The van der Waals surface area contributed by atoms with Gasteiger partial charge in [0.2, 0.25) is 10.0 Å². The van der Waals surface area contributed by atoms with Gasteiger partial charge in [-0.3, -0.25) is 4.68 Å². The molecule has 0 aromatic carbocycles. The van der Waals surface area contributed by atoms with Crippen LogP contribution in [0.4, 0.5) is 0 Å². The molecule has 1 aromatic rings. The molecule has 0 saturated carbocycles. The number of aromatic nitrogens is 2. The molecule has 1 atom stereocenters. The quantitative estimate of drug-likeness (QED) is 0.742. The molecule has 0 saturated heterocycles. The maximum atomic E-state index is 11.5. The van der Waals surface area contributed by atoms with Gasteiger partial charge in [-0.1, -0.05) is 0 Å². The van der Waals surface area contributed by atoms with Gasteiger partial charge in [0.1, 0.15) is 10.9 Å². The van der Waals surface area contributed by atoms with E-state index in [1.165, 1.54) is 24.0 Å². The minimum Gasteiger partial charge on any atom is -0.274 e. The van der Waals surface area contributed by atoms with Crippen molar-refractivity contribution in [1.29, 1.82) is 5.26 Å². The highest BCUT2D eigenvalue weighted by Gasteiger charge is 2.18. The summed E-state index contributed by atoms with van der Waals surface area (Å²) in [4.78, 5) is 0.0575. The van der Waals surface area contributed by atoms with Gasteiger partial charge in [-0.15, -0.1) is 0 Å².